The number of halogens is 1. The first kappa shape index (κ1) is 16.0. The maximum absolute atomic E-state index is 5.48. The van der Waals surface area contributed by atoms with Gasteiger partial charge in [-0.2, -0.15) is 0 Å². The van der Waals surface area contributed by atoms with E-state index in [9.17, 15) is 0 Å². The summed E-state index contributed by atoms with van der Waals surface area (Å²) < 4.78 is 6.66. The predicted octanol–water partition coefficient (Wildman–Crippen LogP) is 3.95. The molecule has 1 N–H and O–H groups in total. The van der Waals surface area contributed by atoms with E-state index in [1.807, 2.05) is 17.8 Å². The molecule has 0 amide bonds. The standard InChI is InChI=1S/C14H22BrNOS/c1-2-3-10-17-11-8-16-9-12-18-14-7-5-4-6-13(14)15/h4-7,16H,2-3,8-12H2,1H3. The van der Waals surface area contributed by atoms with E-state index in [2.05, 4.69) is 46.4 Å². The fraction of sp³-hybridized carbons (Fsp3) is 0.571. The largest absolute Gasteiger partial charge is 0.380 e. The van der Waals surface area contributed by atoms with E-state index >= 15 is 0 Å². The van der Waals surface area contributed by atoms with Crippen LogP contribution in [0.15, 0.2) is 33.6 Å². The second kappa shape index (κ2) is 10.9. The molecule has 2 nitrogen and oxygen atoms in total. The summed E-state index contributed by atoms with van der Waals surface area (Å²) in [6, 6.07) is 8.34. The lowest BCUT2D eigenvalue weighted by molar-refractivity contribution is 0.133. The predicted molar refractivity (Wildman–Crippen MR) is 83.5 cm³/mol. The Morgan fingerprint density at radius 1 is 1.22 bits per heavy atom. The summed E-state index contributed by atoms with van der Waals surface area (Å²) in [7, 11) is 0. The molecule has 4 heteroatoms. The second-order valence-corrected chi connectivity index (χ2v) is 5.99. The maximum atomic E-state index is 5.48. The highest BCUT2D eigenvalue weighted by Gasteiger charge is 1.98. The molecular formula is C14H22BrNOS. The zero-order valence-corrected chi connectivity index (χ0v) is 13.4. The van der Waals surface area contributed by atoms with Crippen LogP contribution in [0.3, 0.4) is 0 Å². The molecule has 1 aromatic carbocycles. The van der Waals surface area contributed by atoms with E-state index in [1.165, 1.54) is 15.8 Å². The van der Waals surface area contributed by atoms with E-state index in [0.717, 1.165) is 38.5 Å². The topological polar surface area (TPSA) is 21.3 Å². The Bertz CT molecular complexity index is 322. The minimum absolute atomic E-state index is 0.819. The summed E-state index contributed by atoms with van der Waals surface area (Å²) >= 11 is 5.42. The third kappa shape index (κ3) is 7.41. The second-order valence-electron chi connectivity index (χ2n) is 3.99. The molecule has 18 heavy (non-hydrogen) atoms. The number of ether oxygens (including phenoxy) is 1. The maximum Gasteiger partial charge on any atom is 0.0590 e. The van der Waals surface area contributed by atoms with Crippen molar-refractivity contribution in [1.29, 1.82) is 0 Å². The highest BCUT2D eigenvalue weighted by atomic mass is 79.9. The first-order valence-electron chi connectivity index (χ1n) is 6.50. The molecular weight excluding hydrogens is 310 g/mol. The van der Waals surface area contributed by atoms with Gasteiger partial charge in [-0.05, 0) is 34.5 Å². The van der Waals surface area contributed by atoms with Crippen LogP contribution in [0.4, 0.5) is 0 Å². The van der Waals surface area contributed by atoms with Crippen LogP contribution >= 0.6 is 27.7 Å². The average Bonchev–Trinajstić information content (AvgIpc) is 2.39. The van der Waals surface area contributed by atoms with Crippen LogP contribution in [0, 0.1) is 0 Å². The molecule has 0 heterocycles. The molecule has 0 aliphatic rings. The van der Waals surface area contributed by atoms with Crippen LogP contribution in [-0.2, 0) is 4.74 Å². The van der Waals surface area contributed by atoms with Crippen molar-refractivity contribution < 1.29 is 4.74 Å². The van der Waals surface area contributed by atoms with Gasteiger partial charge in [0.25, 0.3) is 0 Å². The number of benzene rings is 1. The summed E-state index contributed by atoms with van der Waals surface area (Å²) in [4.78, 5) is 1.30. The molecule has 102 valence electrons. The average molecular weight is 332 g/mol. The lowest BCUT2D eigenvalue weighted by Crippen LogP contribution is -2.22. The molecule has 0 aliphatic heterocycles. The van der Waals surface area contributed by atoms with Gasteiger partial charge in [0.2, 0.25) is 0 Å². The first-order chi connectivity index (χ1) is 8.84. The van der Waals surface area contributed by atoms with Gasteiger partial charge in [0, 0.05) is 34.8 Å². The summed E-state index contributed by atoms with van der Waals surface area (Å²) in [6.07, 6.45) is 2.37. The van der Waals surface area contributed by atoms with Gasteiger partial charge in [-0.1, -0.05) is 25.5 Å². The molecule has 0 fully saturated rings. The molecule has 0 radical (unpaired) electrons. The summed E-state index contributed by atoms with van der Waals surface area (Å²) in [6.45, 7) is 5.85. The third-order valence-electron chi connectivity index (χ3n) is 2.44. The molecule has 0 aliphatic carbocycles. The summed E-state index contributed by atoms with van der Waals surface area (Å²) in [5.41, 5.74) is 0. The Balaban J connectivity index is 1.94. The Hall–Kier alpha value is -0.0300. The van der Waals surface area contributed by atoms with E-state index in [4.69, 9.17) is 4.74 Å². The molecule has 0 unspecified atom stereocenters. The van der Waals surface area contributed by atoms with Crippen LogP contribution in [0.5, 0.6) is 0 Å². The van der Waals surface area contributed by atoms with Crippen molar-refractivity contribution in [2.24, 2.45) is 0 Å². The zero-order chi connectivity index (χ0) is 13.1. The monoisotopic (exact) mass is 331 g/mol. The van der Waals surface area contributed by atoms with Gasteiger partial charge in [0.05, 0.1) is 6.61 Å². The number of nitrogens with one attached hydrogen (secondary N) is 1. The SMILES string of the molecule is CCCCOCCNCCSc1ccccc1Br. The van der Waals surface area contributed by atoms with Gasteiger partial charge in [-0.15, -0.1) is 11.8 Å². The molecule has 0 saturated carbocycles. The van der Waals surface area contributed by atoms with Crippen LogP contribution in [0.25, 0.3) is 0 Å². The normalized spacial score (nSPS) is 10.8. The molecule has 0 saturated heterocycles. The van der Waals surface area contributed by atoms with Gasteiger partial charge >= 0.3 is 0 Å². The Labute approximate surface area is 123 Å². The number of rotatable bonds is 10. The highest BCUT2D eigenvalue weighted by molar-refractivity contribution is 9.10. The highest BCUT2D eigenvalue weighted by Crippen LogP contribution is 2.26. The fourth-order valence-electron chi connectivity index (χ4n) is 1.41. The number of thioether (sulfide) groups is 1. The molecule has 0 bridgehead atoms. The first-order valence-corrected chi connectivity index (χ1v) is 8.28. The Morgan fingerprint density at radius 2 is 2.06 bits per heavy atom. The quantitative estimate of drug-likeness (QED) is 0.518. The molecule has 1 aromatic rings. The van der Waals surface area contributed by atoms with Crippen molar-refractivity contribution in [2.45, 2.75) is 24.7 Å². The summed E-state index contributed by atoms with van der Waals surface area (Å²) in [5.74, 6) is 1.08. The van der Waals surface area contributed by atoms with Gasteiger partial charge in [-0.3, -0.25) is 0 Å². The number of hydrogen-bond acceptors (Lipinski definition) is 3. The molecule has 1 rings (SSSR count). The van der Waals surface area contributed by atoms with Gasteiger partial charge in [0.1, 0.15) is 0 Å². The van der Waals surface area contributed by atoms with Gasteiger partial charge in [0.15, 0.2) is 0 Å². The van der Waals surface area contributed by atoms with Crippen molar-refractivity contribution in [3.63, 3.8) is 0 Å². The van der Waals surface area contributed by atoms with Crippen molar-refractivity contribution >= 4 is 27.7 Å². The fourth-order valence-corrected chi connectivity index (χ4v) is 2.89. The molecule has 0 aromatic heterocycles. The van der Waals surface area contributed by atoms with Gasteiger partial charge < -0.3 is 10.1 Å². The van der Waals surface area contributed by atoms with Crippen LogP contribution in [0.1, 0.15) is 19.8 Å². The number of hydrogen-bond donors (Lipinski definition) is 1. The number of unbranched alkanes of at least 4 members (excludes halogenated alkanes) is 1. The third-order valence-corrected chi connectivity index (χ3v) is 4.47. The van der Waals surface area contributed by atoms with Crippen molar-refractivity contribution in [2.75, 3.05) is 32.1 Å². The lowest BCUT2D eigenvalue weighted by atomic mass is 10.4. The van der Waals surface area contributed by atoms with Crippen LogP contribution in [0.2, 0.25) is 0 Å². The smallest absolute Gasteiger partial charge is 0.0590 e. The van der Waals surface area contributed by atoms with Crippen molar-refractivity contribution in [3.8, 4) is 0 Å². The molecule has 0 atom stereocenters. The van der Waals surface area contributed by atoms with E-state index < -0.39 is 0 Å². The Kier molecular flexibility index (Phi) is 9.66. The van der Waals surface area contributed by atoms with E-state index in [-0.39, 0.29) is 0 Å². The van der Waals surface area contributed by atoms with Crippen LogP contribution in [-0.4, -0.2) is 32.1 Å². The lowest BCUT2D eigenvalue weighted by Gasteiger charge is -2.06. The molecule has 0 spiro atoms. The minimum Gasteiger partial charge on any atom is -0.380 e. The zero-order valence-electron chi connectivity index (χ0n) is 11.0. The van der Waals surface area contributed by atoms with E-state index in [0.29, 0.717) is 0 Å². The Morgan fingerprint density at radius 3 is 2.83 bits per heavy atom. The van der Waals surface area contributed by atoms with Crippen molar-refractivity contribution in [3.05, 3.63) is 28.7 Å². The van der Waals surface area contributed by atoms with E-state index in [1.54, 1.807) is 0 Å². The van der Waals surface area contributed by atoms with Gasteiger partial charge in [-0.25, -0.2) is 0 Å². The van der Waals surface area contributed by atoms with Crippen molar-refractivity contribution in [1.82, 2.24) is 5.32 Å². The van der Waals surface area contributed by atoms with Crippen LogP contribution < -0.4 is 5.32 Å². The minimum atomic E-state index is 0.819. The summed E-state index contributed by atoms with van der Waals surface area (Å²) in [5, 5.41) is 3.39.